The summed E-state index contributed by atoms with van der Waals surface area (Å²) in [5.41, 5.74) is 1.59. The van der Waals surface area contributed by atoms with Gasteiger partial charge < -0.3 is 14.8 Å². The van der Waals surface area contributed by atoms with E-state index in [0.29, 0.717) is 17.2 Å². The van der Waals surface area contributed by atoms with E-state index >= 15 is 0 Å². The maximum absolute atomic E-state index is 12.0. The van der Waals surface area contributed by atoms with Gasteiger partial charge in [0.25, 0.3) is 5.91 Å². The minimum atomic E-state index is -3.46. The first-order chi connectivity index (χ1) is 12.8. The van der Waals surface area contributed by atoms with Gasteiger partial charge in [-0.2, -0.15) is 0 Å². The van der Waals surface area contributed by atoms with Crippen LogP contribution < -0.4 is 19.1 Å². The standard InChI is InChI=1S/C19H24N2O5S/c1-15-8-10-16(11-9-15)21(27(3,23)24)13-12-20-19(22)14-26-18-7-5-4-6-17(18)25-2/h4-11H,12-14H2,1-3H3,(H,20,22). The van der Waals surface area contributed by atoms with Gasteiger partial charge in [0, 0.05) is 6.54 Å². The average molecular weight is 392 g/mol. The Labute approximate surface area is 160 Å². The first kappa shape index (κ1) is 20.6. The molecule has 8 heteroatoms. The van der Waals surface area contributed by atoms with E-state index in [1.165, 1.54) is 11.4 Å². The van der Waals surface area contributed by atoms with Crippen LogP contribution in [-0.2, 0) is 14.8 Å². The fourth-order valence-electron chi connectivity index (χ4n) is 2.43. The van der Waals surface area contributed by atoms with Crippen LogP contribution in [-0.4, -0.2) is 47.4 Å². The average Bonchev–Trinajstić information content (AvgIpc) is 2.64. The van der Waals surface area contributed by atoms with Gasteiger partial charge in [-0.3, -0.25) is 9.10 Å². The zero-order valence-electron chi connectivity index (χ0n) is 15.6. The summed E-state index contributed by atoms with van der Waals surface area (Å²) in [5.74, 6) is 0.652. The molecule has 27 heavy (non-hydrogen) atoms. The number of hydrogen-bond donors (Lipinski definition) is 1. The quantitative estimate of drug-likeness (QED) is 0.705. The van der Waals surface area contributed by atoms with Crippen LogP contribution >= 0.6 is 0 Å². The van der Waals surface area contributed by atoms with Gasteiger partial charge in [-0.25, -0.2) is 8.42 Å². The number of anilines is 1. The Morgan fingerprint density at radius 2 is 1.70 bits per heavy atom. The molecule has 0 heterocycles. The van der Waals surface area contributed by atoms with E-state index in [0.717, 1.165) is 11.8 Å². The molecule has 146 valence electrons. The number of sulfonamides is 1. The molecule has 7 nitrogen and oxygen atoms in total. The van der Waals surface area contributed by atoms with Crippen molar-refractivity contribution in [3.63, 3.8) is 0 Å². The summed E-state index contributed by atoms with van der Waals surface area (Å²) >= 11 is 0. The molecule has 0 saturated carbocycles. The smallest absolute Gasteiger partial charge is 0.258 e. The molecule has 0 aliphatic rings. The van der Waals surface area contributed by atoms with Crippen LogP contribution in [0.15, 0.2) is 48.5 Å². The molecular formula is C19H24N2O5S. The maximum Gasteiger partial charge on any atom is 0.258 e. The first-order valence-electron chi connectivity index (χ1n) is 8.38. The minimum absolute atomic E-state index is 0.127. The molecule has 2 rings (SSSR count). The molecule has 1 N–H and O–H groups in total. The molecule has 0 spiro atoms. The zero-order valence-corrected chi connectivity index (χ0v) is 16.5. The van der Waals surface area contributed by atoms with Crippen LogP contribution in [0.25, 0.3) is 0 Å². The number of carbonyl (C=O) groups excluding carboxylic acids is 1. The highest BCUT2D eigenvalue weighted by Crippen LogP contribution is 2.25. The Balaban J connectivity index is 1.89. The summed E-state index contributed by atoms with van der Waals surface area (Å²) in [6.45, 7) is 2.03. The van der Waals surface area contributed by atoms with E-state index in [2.05, 4.69) is 5.32 Å². The number of carbonyl (C=O) groups is 1. The number of nitrogens with one attached hydrogen (secondary N) is 1. The predicted octanol–water partition coefficient (Wildman–Crippen LogP) is 1.96. The minimum Gasteiger partial charge on any atom is -0.493 e. The molecule has 0 atom stereocenters. The van der Waals surface area contributed by atoms with Gasteiger partial charge in [0.05, 0.1) is 25.6 Å². The second kappa shape index (κ2) is 9.27. The molecule has 0 aliphatic heterocycles. The first-order valence-corrected chi connectivity index (χ1v) is 10.2. The lowest BCUT2D eigenvalue weighted by Crippen LogP contribution is -2.39. The van der Waals surface area contributed by atoms with Crippen molar-refractivity contribution in [2.45, 2.75) is 6.92 Å². The highest BCUT2D eigenvalue weighted by atomic mass is 32.2. The fourth-order valence-corrected chi connectivity index (χ4v) is 3.35. The number of hydrogen-bond acceptors (Lipinski definition) is 5. The van der Waals surface area contributed by atoms with Crippen LogP contribution in [0.1, 0.15) is 5.56 Å². The van der Waals surface area contributed by atoms with Gasteiger partial charge in [-0.15, -0.1) is 0 Å². The molecule has 0 bridgehead atoms. The molecule has 0 aromatic heterocycles. The van der Waals surface area contributed by atoms with Crippen LogP contribution in [0.3, 0.4) is 0 Å². The molecule has 2 aromatic carbocycles. The molecule has 0 aliphatic carbocycles. The van der Waals surface area contributed by atoms with Crippen LogP contribution in [0.5, 0.6) is 11.5 Å². The second-order valence-electron chi connectivity index (χ2n) is 5.96. The van der Waals surface area contributed by atoms with Gasteiger partial charge >= 0.3 is 0 Å². The van der Waals surface area contributed by atoms with E-state index in [-0.39, 0.29) is 25.6 Å². The molecule has 0 fully saturated rings. The predicted molar refractivity (Wildman–Crippen MR) is 105 cm³/mol. The normalized spacial score (nSPS) is 10.9. The number of rotatable bonds is 9. The van der Waals surface area contributed by atoms with Crippen molar-refractivity contribution >= 4 is 21.6 Å². The van der Waals surface area contributed by atoms with Crippen LogP contribution in [0, 0.1) is 6.92 Å². The van der Waals surface area contributed by atoms with Crippen molar-refractivity contribution in [1.29, 1.82) is 0 Å². The van der Waals surface area contributed by atoms with E-state index in [9.17, 15) is 13.2 Å². The highest BCUT2D eigenvalue weighted by Gasteiger charge is 2.17. The number of nitrogens with zero attached hydrogens (tertiary/aromatic N) is 1. The summed E-state index contributed by atoms with van der Waals surface area (Å²) < 4.78 is 36.0. The van der Waals surface area contributed by atoms with Gasteiger partial charge in [0.1, 0.15) is 0 Å². The van der Waals surface area contributed by atoms with Crippen LogP contribution in [0.2, 0.25) is 0 Å². The van der Waals surface area contributed by atoms with Gasteiger partial charge in [0.15, 0.2) is 18.1 Å². The number of ether oxygens (including phenoxy) is 2. The topological polar surface area (TPSA) is 84.9 Å². The lowest BCUT2D eigenvalue weighted by Gasteiger charge is -2.22. The monoisotopic (exact) mass is 392 g/mol. The third-order valence-electron chi connectivity index (χ3n) is 3.79. The molecule has 2 aromatic rings. The molecule has 0 radical (unpaired) electrons. The summed E-state index contributed by atoms with van der Waals surface area (Å²) in [7, 11) is -1.94. The largest absolute Gasteiger partial charge is 0.493 e. The fraction of sp³-hybridized carbons (Fsp3) is 0.316. The van der Waals surface area contributed by atoms with Crippen molar-refractivity contribution in [1.82, 2.24) is 5.32 Å². The third kappa shape index (κ3) is 6.18. The molecule has 0 unspecified atom stereocenters. The van der Waals surface area contributed by atoms with Crippen molar-refractivity contribution in [3.05, 3.63) is 54.1 Å². The number of benzene rings is 2. The Morgan fingerprint density at radius 1 is 1.07 bits per heavy atom. The number of methoxy groups -OCH3 is 1. The number of aryl methyl sites for hydroxylation is 1. The van der Waals surface area contributed by atoms with Gasteiger partial charge in [-0.1, -0.05) is 29.8 Å². The Kier molecular flexibility index (Phi) is 7.06. The molecule has 1 amide bonds. The molecular weight excluding hydrogens is 368 g/mol. The Bertz CT molecular complexity index is 866. The second-order valence-corrected chi connectivity index (χ2v) is 7.87. The highest BCUT2D eigenvalue weighted by molar-refractivity contribution is 7.92. The van der Waals surface area contributed by atoms with Crippen molar-refractivity contribution in [3.8, 4) is 11.5 Å². The van der Waals surface area contributed by atoms with Gasteiger partial charge in [-0.05, 0) is 31.2 Å². The summed E-state index contributed by atoms with van der Waals surface area (Å²) in [5, 5.41) is 2.66. The van der Waals surface area contributed by atoms with Gasteiger partial charge in [0.2, 0.25) is 10.0 Å². The van der Waals surface area contributed by atoms with E-state index < -0.39 is 10.0 Å². The Morgan fingerprint density at radius 3 is 2.30 bits per heavy atom. The van der Waals surface area contributed by atoms with Crippen LogP contribution in [0.4, 0.5) is 5.69 Å². The SMILES string of the molecule is COc1ccccc1OCC(=O)NCCN(c1ccc(C)cc1)S(C)(=O)=O. The van der Waals surface area contributed by atoms with Crippen molar-refractivity contribution in [2.75, 3.05) is 37.4 Å². The zero-order chi connectivity index (χ0) is 19.9. The molecule has 0 saturated heterocycles. The summed E-state index contributed by atoms with van der Waals surface area (Å²) in [6, 6.07) is 14.2. The number of para-hydroxylation sites is 2. The van der Waals surface area contributed by atoms with E-state index in [1.54, 1.807) is 36.4 Å². The lowest BCUT2D eigenvalue weighted by molar-refractivity contribution is -0.123. The van der Waals surface area contributed by atoms with Crippen molar-refractivity contribution in [2.24, 2.45) is 0 Å². The van der Waals surface area contributed by atoms with E-state index in [4.69, 9.17) is 9.47 Å². The number of amides is 1. The van der Waals surface area contributed by atoms with E-state index in [1.807, 2.05) is 19.1 Å². The summed E-state index contributed by atoms with van der Waals surface area (Å²) in [6.07, 6.45) is 1.14. The maximum atomic E-state index is 12.0. The lowest BCUT2D eigenvalue weighted by atomic mass is 10.2. The van der Waals surface area contributed by atoms with Crippen molar-refractivity contribution < 1.29 is 22.7 Å². The summed E-state index contributed by atoms with van der Waals surface area (Å²) in [4.78, 5) is 12.0. The Hall–Kier alpha value is -2.74. The third-order valence-corrected chi connectivity index (χ3v) is 4.98.